The molecule has 4 heteroatoms. The van der Waals surface area contributed by atoms with Crippen molar-refractivity contribution in [3.05, 3.63) is 0 Å². The van der Waals surface area contributed by atoms with Gasteiger partial charge in [0.1, 0.15) is 0 Å². The molecule has 28 heavy (non-hydrogen) atoms. The van der Waals surface area contributed by atoms with Gasteiger partial charge in [0.15, 0.2) is 0 Å². The first-order valence-electron chi connectivity index (χ1n) is 12.0. The molecule has 2 atom stereocenters. The van der Waals surface area contributed by atoms with Crippen LogP contribution in [-0.2, 0) is 9.47 Å². The summed E-state index contributed by atoms with van der Waals surface area (Å²) in [6.45, 7) is 8.09. The summed E-state index contributed by atoms with van der Waals surface area (Å²) >= 11 is 0. The molecule has 170 valence electrons. The van der Waals surface area contributed by atoms with Crippen molar-refractivity contribution >= 4 is 0 Å². The molecule has 0 saturated heterocycles. The fourth-order valence-corrected chi connectivity index (χ4v) is 3.51. The van der Waals surface area contributed by atoms with Crippen molar-refractivity contribution in [2.45, 2.75) is 103 Å². The third-order valence-electron chi connectivity index (χ3n) is 5.16. The smallest absolute Gasteiger partial charge is 0.0975 e. The Labute approximate surface area is 177 Å². The van der Waals surface area contributed by atoms with E-state index in [4.69, 9.17) is 9.47 Å². The summed E-state index contributed by atoms with van der Waals surface area (Å²) in [7, 11) is 8.51. The Bertz CT molecular complexity index is 281. The van der Waals surface area contributed by atoms with Crippen molar-refractivity contribution < 1.29 is 9.47 Å². The summed E-state index contributed by atoms with van der Waals surface area (Å²) in [6, 6.07) is 0. The lowest BCUT2D eigenvalue weighted by Gasteiger charge is -2.31. The third-order valence-corrected chi connectivity index (χ3v) is 5.16. The molecule has 4 nitrogen and oxygen atoms in total. The second-order valence-corrected chi connectivity index (χ2v) is 8.88. The Balaban J connectivity index is 4.32. The highest BCUT2D eigenvalue weighted by atomic mass is 16.5. The predicted octanol–water partition coefficient (Wildman–Crippen LogP) is 5.60. The largest absolute Gasteiger partial charge is 0.374 e. The lowest BCUT2D eigenvalue weighted by molar-refractivity contribution is -0.0889. The van der Waals surface area contributed by atoms with E-state index in [-0.39, 0.29) is 12.2 Å². The number of hydrogen-bond donors (Lipinski definition) is 0. The molecule has 0 aliphatic carbocycles. The highest BCUT2D eigenvalue weighted by molar-refractivity contribution is 4.76. The first-order chi connectivity index (χ1) is 13.5. The van der Waals surface area contributed by atoms with Gasteiger partial charge in [-0.15, -0.1) is 0 Å². The average molecular weight is 401 g/mol. The summed E-state index contributed by atoms with van der Waals surface area (Å²) in [5, 5.41) is 0. The Morgan fingerprint density at radius 3 is 1.14 bits per heavy atom. The highest BCUT2D eigenvalue weighted by Gasteiger charge is 2.24. The molecule has 0 aliphatic heterocycles. The molecule has 0 N–H and O–H groups in total. The van der Waals surface area contributed by atoms with Gasteiger partial charge < -0.3 is 19.3 Å². The molecule has 0 saturated carbocycles. The van der Waals surface area contributed by atoms with Crippen LogP contribution in [0.3, 0.4) is 0 Å². The molecule has 0 aromatic rings. The van der Waals surface area contributed by atoms with E-state index in [9.17, 15) is 0 Å². The number of likely N-dealkylation sites (N-methyl/N-ethyl adjacent to an activating group) is 2. The number of hydrogen-bond acceptors (Lipinski definition) is 4. The zero-order valence-corrected chi connectivity index (χ0v) is 20.2. The fourth-order valence-electron chi connectivity index (χ4n) is 3.51. The van der Waals surface area contributed by atoms with Gasteiger partial charge >= 0.3 is 0 Å². The first-order valence-corrected chi connectivity index (χ1v) is 12.0. The van der Waals surface area contributed by atoms with E-state index in [0.29, 0.717) is 0 Å². The van der Waals surface area contributed by atoms with Crippen molar-refractivity contribution in [1.82, 2.24) is 9.80 Å². The molecule has 0 unspecified atom stereocenters. The van der Waals surface area contributed by atoms with Crippen LogP contribution in [0.1, 0.15) is 90.9 Å². The number of nitrogens with zero attached hydrogens (tertiary/aromatic N) is 2. The van der Waals surface area contributed by atoms with E-state index in [1.54, 1.807) is 0 Å². The molecule has 0 amide bonds. The second kappa shape index (κ2) is 20.1. The van der Waals surface area contributed by atoms with Crippen molar-refractivity contribution in [2.24, 2.45) is 0 Å². The molecule has 0 heterocycles. The van der Waals surface area contributed by atoms with Crippen LogP contribution in [0.15, 0.2) is 0 Å². The number of rotatable bonds is 21. The molecule has 0 aromatic heterocycles. The fraction of sp³-hybridized carbons (Fsp3) is 1.00. The Kier molecular flexibility index (Phi) is 20.0. The van der Waals surface area contributed by atoms with E-state index < -0.39 is 0 Å². The minimum absolute atomic E-state index is 0.146. The topological polar surface area (TPSA) is 24.9 Å². The van der Waals surface area contributed by atoms with E-state index in [0.717, 1.165) is 26.3 Å². The van der Waals surface area contributed by atoms with Crippen molar-refractivity contribution in [1.29, 1.82) is 0 Å². The van der Waals surface area contributed by atoms with Gasteiger partial charge in [0.05, 0.1) is 12.2 Å². The highest BCUT2D eigenvalue weighted by Crippen LogP contribution is 2.12. The lowest BCUT2D eigenvalue weighted by atomic mass is 10.1. The molecule has 0 fully saturated rings. The zero-order valence-electron chi connectivity index (χ0n) is 20.2. The van der Waals surface area contributed by atoms with Crippen LogP contribution < -0.4 is 0 Å². The monoisotopic (exact) mass is 400 g/mol. The van der Waals surface area contributed by atoms with E-state index in [1.807, 2.05) is 0 Å². The molecule has 0 rings (SSSR count). The van der Waals surface area contributed by atoms with Gasteiger partial charge in [-0.1, -0.05) is 78.1 Å². The Morgan fingerprint density at radius 1 is 0.500 bits per heavy atom. The van der Waals surface area contributed by atoms with Crippen LogP contribution in [0, 0.1) is 0 Å². The van der Waals surface area contributed by atoms with Crippen LogP contribution in [0.5, 0.6) is 0 Å². The van der Waals surface area contributed by atoms with Crippen molar-refractivity contribution in [3.8, 4) is 0 Å². The first kappa shape index (κ1) is 27.8. The minimum Gasteiger partial charge on any atom is -0.374 e. The SMILES string of the molecule is CCCCCCCCO[C@@H](CN(C)C)[C@H](CN(C)C)OCCCCCCCC. The van der Waals surface area contributed by atoms with Crippen LogP contribution in [-0.4, -0.2) is 76.5 Å². The summed E-state index contributed by atoms with van der Waals surface area (Å²) in [6.07, 6.45) is 15.9. The maximum Gasteiger partial charge on any atom is 0.0975 e. The van der Waals surface area contributed by atoms with Gasteiger partial charge in [0.25, 0.3) is 0 Å². The van der Waals surface area contributed by atoms with Gasteiger partial charge in [0.2, 0.25) is 0 Å². The normalized spacial score (nSPS) is 14.1. The standard InChI is InChI=1S/C24H52N2O2/c1-7-9-11-13-15-17-19-27-23(21-25(3)4)24(22-26(5)6)28-20-18-16-14-12-10-8-2/h23-24H,7-22H2,1-6H3/t23-,24-/m0/s1. The van der Waals surface area contributed by atoms with Crippen molar-refractivity contribution in [3.63, 3.8) is 0 Å². The van der Waals surface area contributed by atoms with Crippen LogP contribution in [0.4, 0.5) is 0 Å². The zero-order chi connectivity index (χ0) is 21.0. The molecule has 0 aromatic carbocycles. The van der Waals surface area contributed by atoms with E-state index >= 15 is 0 Å². The second-order valence-electron chi connectivity index (χ2n) is 8.88. The quantitative estimate of drug-likeness (QED) is 0.234. The number of unbranched alkanes of at least 4 members (excludes halogenated alkanes) is 10. The lowest BCUT2D eigenvalue weighted by Crippen LogP contribution is -2.45. The molecule has 0 aliphatic rings. The van der Waals surface area contributed by atoms with Gasteiger partial charge in [0, 0.05) is 26.3 Å². The summed E-state index contributed by atoms with van der Waals surface area (Å²) in [4.78, 5) is 4.45. The Hall–Kier alpha value is -0.160. The van der Waals surface area contributed by atoms with Crippen LogP contribution >= 0.6 is 0 Å². The molecule has 0 bridgehead atoms. The molecule has 0 radical (unpaired) electrons. The molecule has 0 spiro atoms. The minimum atomic E-state index is 0.146. The molecular formula is C24H52N2O2. The van der Waals surface area contributed by atoms with Gasteiger partial charge in [-0.2, -0.15) is 0 Å². The van der Waals surface area contributed by atoms with Crippen LogP contribution in [0.2, 0.25) is 0 Å². The van der Waals surface area contributed by atoms with E-state index in [1.165, 1.54) is 77.0 Å². The summed E-state index contributed by atoms with van der Waals surface area (Å²) in [5.74, 6) is 0. The maximum absolute atomic E-state index is 6.34. The van der Waals surface area contributed by atoms with Gasteiger partial charge in [-0.25, -0.2) is 0 Å². The van der Waals surface area contributed by atoms with E-state index in [2.05, 4.69) is 51.8 Å². The number of ether oxygens (including phenoxy) is 2. The third kappa shape index (κ3) is 17.9. The van der Waals surface area contributed by atoms with Crippen LogP contribution in [0.25, 0.3) is 0 Å². The Morgan fingerprint density at radius 2 is 0.821 bits per heavy atom. The summed E-state index contributed by atoms with van der Waals surface area (Å²) in [5.41, 5.74) is 0. The van der Waals surface area contributed by atoms with Gasteiger partial charge in [-0.05, 0) is 41.0 Å². The summed E-state index contributed by atoms with van der Waals surface area (Å²) < 4.78 is 12.7. The average Bonchev–Trinajstić information content (AvgIpc) is 2.64. The predicted molar refractivity (Wildman–Crippen MR) is 123 cm³/mol. The van der Waals surface area contributed by atoms with Crippen molar-refractivity contribution in [2.75, 3.05) is 54.5 Å². The molecular weight excluding hydrogens is 348 g/mol. The maximum atomic E-state index is 6.34. The van der Waals surface area contributed by atoms with Gasteiger partial charge in [-0.3, -0.25) is 0 Å².